The van der Waals surface area contributed by atoms with E-state index in [1.165, 1.54) is 0 Å². The maximum Gasteiger partial charge on any atom is 0.410 e. The van der Waals surface area contributed by atoms with E-state index in [1.54, 1.807) is 11.2 Å². The molecular weight excluding hydrogens is 280 g/mol. The summed E-state index contributed by atoms with van der Waals surface area (Å²) in [7, 11) is 1.97. The fraction of sp³-hybridized carbons (Fsp3) is 0.375. The molecule has 0 saturated carbocycles. The van der Waals surface area contributed by atoms with Crippen molar-refractivity contribution in [1.82, 2.24) is 19.8 Å². The van der Waals surface area contributed by atoms with Crippen LogP contribution in [0.3, 0.4) is 0 Å². The van der Waals surface area contributed by atoms with Crippen LogP contribution in [-0.2, 0) is 24.9 Å². The largest absolute Gasteiger partial charge is 0.445 e. The summed E-state index contributed by atoms with van der Waals surface area (Å²) in [5.74, 6) is 0. The van der Waals surface area contributed by atoms with Gasteiger partial charge in [-0.15, -0.1) is 0 Å². The zero-order chi connectivity index (χ0) is 15.4. The highest BCUT2D eigenvalue weighted by Gasteiger charge is 2.31. The Morgan fingerprint density at radius 1 is 1.36 bits per heavy atom. The minimum atomic E-state index is -0.248. The van der Waals surface area contributed by atoms with E-state index < -0.39 is 0 Å². The molecule has 2 heterocycles. The number of nitrogens with zero attached hydrogens (tertiary/aromatic N) is 3. The van der Waals surface area contributed by atoms with Crippen molar-refractivity contribution in [1.29, 1.82) is 0 Å². The first kappa shape index (κ1) is 14.6. The van der Waals surface area contributed by atoms with E-state index in [2.05, 4.69) is 10.3 Å². The predicted molar refractivity (Wildman–Crippen MR) is 82.0 cm³/mol. The number of hydrogen-bond donors (Lipinski definition) is 1. The molecule has 1 aliphatic heterocycles. The summed E-state index contributed by atoms with van der Waals surface area (Å²) in [6, 6.07) is 10.0. The lowest BCUT2D eigenvalue weighted by molar-refractivity contribution is 0.0599. The minimum absolute atomic E-state index is 0.248. The molecule has 0 unspecified atom stereocenters. The quantitative estimate of drug-likeness (QED) is 0.910. The molecule has 1 amide bonds. The van der Waals surface area contributed by atoms with E-state index in [1.807, 2.05) is 48.1 Å². The molecule has 0 radical (unpaired) electrons. The number of likely N-dealkylation sites (tertiary alicyclic amines) is 1. The van der Waals surface area contributed by atoms with Crippen LogP contribution in [-0.4, -0.2) is 39.7 Å². The summed E-state index contributed by atoms with van der Waals surface area (Å²) in [6.07, 6.45) is 3.38. The van der Waals surface area contributed by atoms with Crippen molar-refractivity contribution in [2.75, 3.05) is 13.1 Å². The van der Waals surface area contributed by atoms with Gasteiger partial charge in [-0.05, 0) is 5.56 Å². The third-order valence-electron chi connectivity index (χ3n) is 3.83. The van der Waals surface area contributed by atoms with Gasteiger partial charge in [0.05, 0.1) is 12.0 Å². The number of aryl methyl sites for hydroxylation is 1. The molecule has 116 valence electrons. The molecule has 1 fully saturated rings. The van der Waals surface area contributed by atoms with Gasteiger partial charge in [0.2, 0.25) is 0 Å². The summed E-state index contributed by atoms with van der Waals surface area (Å²) < 4.78 is 7.28. The Balaban J connectivity index is 1.36. The molecule has 6 heteroatoms. The maximum absolute atomic E-state index is 11.9. The van der Waals surface area contributed by atoms with E-state index >= 15 is 0 Å². The second-order valence-electron chi connectivity index (χ2n) is 5.52. The Hall–Kier alpha value is -2.34. The standard InChI is InChI=1S/C16H20N4O2/c1-19-12-17-7-15(19)8-18-14-9-20(10-14)16(21)22-11-13-5-3-2-4-6-13/h2-7,12,14,18H,8-11H2,1H3. The number of nitrogens with one attached hydrogen (secondary N) is 1. The molecule has 1 saturated heterocycles. The SMILES string of the molecule is Cn1cncc1CNC1CN(C(=O)OCc2ccccc2)C1. The number of aromatic nitrogens is 2. The van der Waals surface area contributed by atoms with Crippen molar-refractivity contribution in [2.24, 2.45) is 7.05 Å². The smallest absolute Gasteiger partial charge is 0.410 e. The monoisotopic (exact) mass is 300 g/mol. The average molecular weight is 300 g/mol. The van der Waals surface area contributed by atoms with Crippen molar-refractivity contribution in [3.63, 3.8) is 0 Å². The summed E-state index contributed by atoms with van der Waals surface area (Å²) >= 11 is 0. The van der Waals surface area contributed by atoms with Gasteiger partial charge in [-0.25, -0.2) is 9.78 Å². The van der Waals surface area contributed by atoms with Gasteiger partial charge in [-0.1, -0.05) is 30.3 Å². The summed E-state index contributed by atoms with van der Waals surface area (Å²) in [5, 5.41) is 3.41. The molecule has 1 aromatic heterocycles. The van der Waals surface area contributed by atoms with Crippen LogP contribution in [0.15, 0.2) is 42.9 Å². The van der Waals surface area contributed by atoms with Crippen LogP contribution < -0.4 is 5.32 Å². The van der Waals surface area contributed by atoms with E-state index in [-0.39, 0.29) is 6.09 Å². The average Bonchev–Trinajstić information content (AvgIpc) is 2.90. The highest BCUT2D eigenvalue weighted by Crippen LogP contribution is 2.12. The van der Waals surface area contributed by atoms with Crippen molar-refractivity contribution in [3.05, 3.63) is 54.1 Å². The fourth-order valence-corrected chi connectivity index (χ4v) is 2.37. The normalized spacial score (nSPS) is 14.7. The van der Waals surface area contributed by atoms with Crippen LogP contribution >= 0.6 is 0 Å². The van der Waals surface area contributed by atoms with Crippen molar-refractivity contribution >= 4 is 6.09 Å². The Kier molecular flexibility index (Phi) is 4.39. The summed E-state index contributed by atoms with van der Waals surface area (Å²) in [4.78, 5) is 17.7. The molecule has 0 spiro atoms. The lowest BCUT2D eigenvalue weighted by Gasteiger charge is -2.38. The van der Waals surface area contributed by atoms with Gasteiger partial charge in [0, 0.05) is 38.9 Å². The Bertz CT molecular complexity index is 620. The van der Waals surface area contributed by atoms with E-state index in [9.17, 15) is 4.79 Å². The third-order valence-corrected chi connectivity index (χ3v) is 3.83. The molecular formula is C16H20N4O2. The number of imidazole rings is 1. The highest BCUT2D eigenvalue weighted by atomic mass is 16.6. The van der Waals surface area contributed by atoms with Gasteiger partial charge in [-0.2, -0.15) is 0 Å². The number of hydrogen-bond acceptors (Lipinski definition) is 4. The first-order valence-corrected chi connectivity index (χ1v) is 7.36. The second-order valence-corrected chi connectivity index (χ2v) is 5.52. The number of amides is 1. The molecule has 1 N–H and O–H groups in total. The van der Waals surface area contributed by atoms with Gasteiger partial charge in [-0.3, -0.25) is 0 Å². The lowest BCUT2D eigenvalue weighted by atomic mass is 10.1. The number of benzene rings is 1. The number of rotatable bonds is 5. The van der Waals surface area contributed by atoms with Crippen LogP contribution in [0, 0.1) is 0 Å². The van der Waals surface area contributed by atoms with Gasteiger partial charge in [0.1, 0.15) is 6.61 Å². The maximum atomic E-state index is 11.9. The molecule has 6 nitrogen and oxygen atoms in total. The molecule has 3 rings (SSSR count). The first-order valence-electron chi connectivity index (χ1n) is 7.36. The van der Waals surface area contributed by atoms with Crippen molar-refractivity contribution < 1.29 is 9.53 Å². The van der Waals surface area contributed by atoms with Crippen molar-refractivity contribution in [2.45, 2.75) is 19.2 Å². The van der Waals surface area contributed by atoms with Gasteiger partial charge < -0.3 is 19.5 Å². The van der Waals surface area contributed by atoms with E-state index in [0.29, 0.717) is 25.7 Å². The zero-order valence-corrected chi connectivity index (χ0v) is 12.6. The van der Waals surface area contributed by atoms with E-state index in [0.717, 1.165) is 17.8 Å². The molecule has 0 atom stereocenters. The molecule has 0 aliphatic carbocycles. The lowest BCUT2D eigenvalue weighted by Crippen LogP contribution is -2.59. The molecule has 1 aromatic carbocycles. The Labute approximate surface area is 129 Å². The van der Waals surface area contributed by atoms with E-state index in [4.69, 9.17) is 4.74 Å². The molecule has 0 bridgehead atoms. The summed E-state index contributed by atoms with van der Waals surface area (Å²) in [5.41, 5.74) is 2.13. The predicted octanol–water partition coefficient (Wildman–Crippen LogP) is 1.53. The van der Waals surface area contributed by atoms with Gasteiger partial charge >= 0.3 is 6.09 Å². The fourth-order valence-electron chi connectivity index (χ4n) is 2.37. The third kappa shape index (κ3) is 3.46. The van der Waals surface area contributed by atoms with Crippen LogP contribution in [0.4, 0.5) is 4.79 Å². The number of carbonyl (C=O) groups excluding carboxylic acids is 1. The first-order chi connectivity index (χ1) is 10.7. The molecule has 22 heavy (non-hydrogen) atoms. The number of ether oxygens (including phenoxy) is 1. The molecule has 2 aromatic rings. The topological polar surface area (TPSA) is 59.4 Å². The van der Waals surface area contributed by atoms with Crippen LogP contribution in [0.5, 0.6) is 0 Å². The zero-order valence-electron chi connectivity index (χ0n) is 12.6. The van der Waals surface area contributed by atoms with Gasteiger partial charge in [0.15, 0.2) is 0 Å². The number of carbonyl (C=O) groups is 1. The van der Waals surface area contributed by atoms with Gasteiger partial charge in [0.25, 0.3) is 0 Å². The Morgan fingerprint density at radius 3 is 2.82 bits per heavy atom. The Morgan fingerprint density at radius 2 is 2.14 bits per heavy atom. The van der Waals surface area contributed by atoms with Crippen LogP contribution in [0.1, 0.15) is 11.3 Å². The van der Waals surface area contributed by atoms with Crippen molar-refractivity contribution in [3.8, 4) is 0 Å². The second kappa shape index (κ2) is 6.62. The van der Waals surface area contributed by atoms with Crippen LogP contribution in [0.2, 0.25) is 0 Å². The molecule has 1 aliphatic rings. The van der Waals surface area contributed by atoms with Crippen LogP contribution in [0.25, 0.3) is 0 Å². The highest BCUT2D eigenvalue weighted by molar-refractivity contribution is 5.68. The minimum Gasteiger partial charge on any atom is -0.445 e. The summed E-state index contributed by atoms with van der Waals surface area (Å²) in [6.45, 7) is 2.45.